The van der Waals surface area contributed by atoms with Gasteiger partial charge in [0.25, 0.3) is 0 Å². The number of nitrogens with zero attached hydrogens (tertiary/aromatic N) is 3. The van der Waals surface area contributed by atoms with Crippen molar-refractivity contribution in [3.8, 4) is 0 Å². The Bertz CT molecular complexity index is 816. The molecule has 2 unspecified atom stereocenters. The fourth-order valence-electron chi connectivity index (χ4n) is 4.20. The Hall–Kier alpha value is -1.64. The highest BCUT2D eigenvalue weighted by Crippen LogP contribution is 2.21. The predicted octanol–water partition coefficient (Wildman–Crippen LogP) is 2.25. The highest BCUT2D eigenvalue weighted by atomic mass is 32.2. The van der Waals surface area contributed by atoms with Gasteiger partial charge in [-0.25, -0.2) is 8.42 Å². The number of guanidine groups is 1. The van der Waals surface area contributed by atoms with Gasteiger partial charge in [0.15, 0.2) is 5.96 Å². The van der Waals surface area contributed by atoms with E-state index in [2.05, 4.69) is 41.3 Å². The van der Waals surface area contributed by atoms with Crippen LogP contribution < -0.4 is 10.6 Å². The Morgan fingerprint density at radius 2 is 1.80 bits per heavy atom. The molecule has 1 aromatic carbocycles. The second-order valence-corrected chi connectivity index (χ2v) is 10.7. The molecule has 2 atom stereocenters. The van der Waals surface area contributed by atoms with Crippen molar-refractivity contribution in [2.45, 2.75) is 63.6 Å². The van der Waals surface area contributed by atoms with Gasteiger partial charge < -0.3 is 10.6 Å². The van der Waals surface area contributed by atoms with Gasteiger partial charge in [-0.2, -0.15) is 4.31 Å². The van der Waals surface area contributed by atoms with Gasteiger partial charge in [-0.05, 0) is 50.3 Å². The van der Waals surface area contributed by atoms with Gasteiger partial charge >= 0.3 is 0 Å². The molecule has 30 heavy (non-hydrogen) atoms. The van der Waals surface area contributed by atoms with Crippen molar-refractivity contribution >= 4 is 16.0 Å². The van der Waals surface area contributed by atoms with E-state index in [1.54, 1.807) is 23.5 Å². The van der Waals surface area contributed by atoms with Crippen LogP contribution >= 0.6 is 0 Å². The van der Waals surface area contributed by atoms with Crippen LogP contribution in [0, 0.1) is 5.92 Å². The van der Waals surface area contributed by atoms with Crippen LogP contribution in [0.5, 0.6) is 0 Å². The summed E-state index contributed by atoms with van der Waals surface area (Å²) in [4.78, 5) is 7.22. The molecular weight excluding hydrogens is 398 g/mol. The van der Waals surface area contributed by atoms with E-state index in [4.69, 9.17) is 0 Å². The number of hydrogen-bond acceptors (Lipinski definition) is 4. The molecule has 0 bridgehead atoms. The van der Waals surface area contributed by atoms with E-state index < -0.39 is 10.0 Å². The van der Waals surface area contributed by atoms with Gasteiger partial charge in [-0.15, -0.1) is 0 Å². The van der Waals surface area contributed by atoms with Gasteiger partial charge in [0.2, 0.25) is 10.0 Å². The lowest BCUT2D eigenvalue weighted by Gasteiger charge is -2.26. The predicted molar refractivity (Wildman–Crippen MR) is 122 cm³/mol. The highest BCUT2D eigenvalue weighted by Gasteiger charge is 2.31. The first-order valence-corrected chi connectivity index (χ1v) is 12.6. The van der Waals surface area contributed by atoms with Gasteiger partial charge in [0.05, 0.1) is 4.90 Å². The van der Waals surface area contributed by atoms with Crippen molar-refractivity contribution in [3.05, 3.63) is 29.8 Å². The Morgan fingerprint density at radius 1 is 1.13 bits per heavy atom. The number of likely N-dealkylation sites (tertiary alicyclic amines) is 1. The molecule has 2 saturated heterocycles. The molecule has 0 aromatic heterocycles. The van der Waals surface area contributed by atoms with Crippen LogP contribution in [0.4, 0.5) is 0 Å². The second kappa shape index (κ2) is 10.1. The first-order chi connectivity index (χ1) is 14.3. The summed E-state index contributed by atoms with van der Waals surface area (Å²) in [6, 6.07) is 8.13. The molecule has 168 valence electrons. The summed E-state index contributed by atoms with van der Waals surface area (Å²) in [6.07, 6.45) is 3.00. The van der Waals surface area contributed by atoms with E-state index in [9.17, 15) is 8.42 Å². The van der Waals surface area contributed by atoms with Crippen LogP contribution in [0.3, 0.4) is 0 Å². The van der Waals surface area contributed by atoms with E-state index >= 15 is 0 Å². The summed E-state index contributed by atoms with van der Waals surface area (Å²) in [7, 11) is -1.60. The Balaban J connectivity index is 1.55. The minimum Gasteiger partial charge on any atom is -0.352 e. The number of hydrogen-bond donors (Lipinski definition) is 2. The standard InChI is InChI=1S/C22H37N5O2S/c1-17(2)26-15-18(3)21(16-26)25-22(23-4)24-14-19-8-10-20(11-9-19)30(28,29)27-12-6-5-7-13-27/h8-11,17-18,21H,5-7,12-16H2,1-4H3,(H2,23,24,25). The normalized spacial score (nSPS) is 24.4. The van der Waals surface area contributed by atoms with Crippen LogP contribution in [0.25, 0.3) is 0 Å². The van der Waals surface area contributed by atoms with E-state index in [0.29, 0.717) is 42.5 Å². The van der Waals surface area contributed by atoms with E-state index in [0.717, 1.165) is 43.9 Å². The zero-order chi connectivity index (χ0) is 21.7. The Kier molecular flexibility index (Phi) is 7.76. The quantitative estimate of drug-likeness (QED) is 0.529. The number of piperidine rings is 1. The lowest BCUT2D eigenvalue weighted by atomic mass is 10.1. The van der Waals surface area contributed by atoms with E-state index in [1.807, 2.05) is 12.1 Å². The fraction of sp³-hybridized carbons (Fsp3) is 0.682. The molecule has 0 amide bonds. The van der Waals surface area contributed by atoms with Crippen molar-refractivity contribution in [1.29, 1.82) is 0 Å². The van der Waals surface area contributed by atoms with Gasteiger partial charge in [0.1, 0.15) is 0 Å². The van der Waals surface area contributed by atoms with Crippen LogP contribution in [0.1, 0.15) is 45.6 Å². The van der Waals surface area contributed by atoms with Crippen LogP contribution in [0.2, 0.25) is 0 Å². The summed E-state index contributed by atoms with van der Waals surface area (Å²) in [5.74, 6) is 1.34. The van der Waals surface area contributed by atoms with Crippen LogP contribution in [-0.4, -0.2) is 68.9 Å². The van der Waals surface area contributed by atoms with Crippen molar-refractivity contribution < 1.29 is 8.42 Å². The topological polar surface area (TPSA) is 77.0 Å². The van der Waals surface area contributed by atoms with Crippen molar-refractivity contribution in [2.75, 3.05) is 33.2 Å². The van der Waals surface area contributed by atoms with E-state index in [1.165, 1.54) is 0 Å². The summed E-state index contributed by atoms with van der Waals surface area (Å²) in [5, 5.41) is 6.90. The number of nitrogens with one attached hydrogen (secondary N) is 2. The molecule has 2 N–H and O–H groups in total. The molecule has 0 saturated carbocycles. The third-order valence-corrected chi connectivity index (χ3v) is 8.17. The molecule has 2 heterocycles. The molecule has 2 aliphatic heterocycles. The lowest BCUT2D eigenvalue weighted by molar-refractivity contribution is 0.265. The molecule has 0 spiro atoms. The van der Waals surface area contributed by atoms with Gasteiger partial charge in [-0.3, -0.25) is 9.89 Å². The SMILES string of the molecule is CN=C(NCc1ccc(S(=O)(=O)N2CCCCC2)cc1)NC1CN(C(C)C)CC1C. The fourth-order valence-corrected chi connectivity index (χ4v) is 5.72. The Labute approximate surface area is 182 Å². The molecule has 3 rings (SSSR count). The number of benzene rings is 1. The smallest absolute Gasteiger partial charge is 0.243 e. The van der Waals surface area contributed by atoms with Crippen LogP contribution in [0.15, 0.2) is 34.2 Å². The van der Waals surface area contributed by atoms with Crippen molar-refractivity contribution in [1.82, 2.24) is 19.8 Å². The highest BCUT2D eigenvalue weighted by molar-refractivity contribution is 7.89. The summed E-state index contributed by atoms with van der Waals surface area (Å²) >= 11 is 0. The molecule has 7 nitrogen and oxygen atoms in total. The zero-order valence-electron chi connectivity index (χ0n) is 18.8. The number of rotatable bonds is 6. The zero-order valence-corrected chi connectivity index (χ0v) is 19.6. The number of sulfonamides is 1. The van der Waals surface area contributed by atoms with E-state index in [-0.39, 0.29) is 0 Å². The maximum atomic E-state index is 12.8. The third-order valence-electron chi connectivity index (χ3n) is 6.25. The minimum atomic E-state index is -3.38. The second-order valence-electron chi connectivity index (χ2n) is 8.81. The monoisotopic (exact) mass is 435 g/mol. The first kappa shape index (κ1) is 23.0. The van der Waals surface area contributed by atoms with Crippen molar-refractivity contribution in [2.24, 2.45) is 10.9 Å². The third kappa shape index (κ3) is 5.53. The first-order valence-electron chi connectivity index (χ1n) is 11.1. The summed E-state index contributed by atoms with van der Waals surface area (Å²) < 4.78 is 27.2. The summed E-state index contributed by atoms with van der Waals surface area (Å²) in [5.41, 5.74) is 1.03. The minimum absolute atomic E-state index is 0.371. The molecular formula is C22H37N5O2S. The average molecular weight is 436 g/mol. The maximum Gasteiger partial charge on any atom is 0.243 e. The lowest BCUT2D eigenvalue weighted by Crippen LogP contribution is -2.46. The Morgan fingerprint density at radius 3 is 2.37 bits per heavy atom. The van der Waals surface area contributed by atoms with Crippen LogP contribution in [-0.2, 0) is 16.6 Å². The average Bonchev–Trinajstić information content (AvgIpc) is 3.12. The molecule has 2 fully saturated rings. The van der Waals surface area contributed by atoms with Gasteiger partial charge in [-0.1, -0.05) is 25.5 Å². The number of aliphatic imine (C=N–C) groups is 1. The van der Waals surface area contributed by atoms with Crippen molar-refractivity contribution in [3.63, 3.8) is 0 Å². The molecule has 0 radical (unpaired) electrons. The molecule has 2 aliphatic rings. The molecule has 0 aliphatic carbocycles. The molecule has 1 aromatic rings. The largest absolute Gasteiger partial charge is 0.352 e. The maximum absolute atomic E-state index is 12.8. The van der Waals surface area contributed by atoms with Gasteiger partial charge in [0, 0.05) is 51.9 Å². The molecule has 8 heteroatoms. The summed E-state index contributed by atoms with van der Waals surface area (Å²) in [6.45, 7) is 10.7.